The summed E-state index contributed by atoms with van der Waals surface area (Å²) in [4.78, 5) is 4.57. The molecule has 29 heavy (non-hydrogen) atoms. The highest BCUT2D eigenvalue weighted by Gasteiger charge is 2.29. The van der Waals surface area contributed by atoms with E-state index in [1.165, 1.54) is 11.6 Å². The Hall–Kier alpha value is -2.80. The van der Waals surface area contributed by atoms with Crippen molar-refractivity contribution in [1.82, 2.24) is 25.1 Å². The summed E-state index contributed by atoms with van der Waals surface area (Å²) < 4.78 is 16.1. The second kappa shape index (κ2) is 9.13. The van der Waals surface area contributed by atoms with E-state index in [1.807, 2.05) is 35.0 Å². The summed E-state index contributed by atoms with van der Waals surface area (Å²) in [7, 11) is 0. The second-order valence-electron chi connectivity index (χ2n) is 7.46. The molecule has 6 nitrogen and oxygen atoms in total. The highest BCUT2D eigenvalue weighted by molar-refractivity contribution is 5.48. The number of anilines is 1. The number of rotatable bonds is 7. The van der Waals surface area contributed by atoms with E-state index in [0.29, 0.717) is 12.2 Å². The predicted octanol–water partition coefficient (Wildman–Crippen LogP) is 3.52. The van der Waals surface area contributed by atoms with Gasteiger partial charge in [0.2, 0.25) is 0 Å². The number of hydrogen-bond donors (Lipinski definition) is 0. The summed E-state index contributed by atoms with van der Waals surface area (Å²) in [6, 6.07) is 17.4. The lowest BCUT2D eigenvalue weighted by Crippen LogP contribution is -2.48. The summed E-state index contributed by atoms with van der Waals surface area (Å²) in [6.07, 6.45) is 2.05. The third-order valence-electron chi connectivity index (χ3n) is 5.54. The maximum Gasteiger partial charge on any atom is 0.168 e. The van der Waals surface area contributed by atoms with Gasteiger partial charge in [-0.25, -0.2) is 9.07 Å². The largest absolute Gasteiger partial charge is 0.367 e. The van der Waals surface area contributed by atoms with E-state index in [2.05, 4.69) is 44.4 Å². The van der Waals surface area contributed by atoms with Crippen LogP contribution < -0.4 is 4.90 Å². The molecule has 2 heterocycles. The van der Waals surface area contributed by atoms with Gasteiger partial charge in [-0.2, -0.15) is 0 Å². The molecule has 0 spiro atoms. The van der Waals surface area contributed by atoms with Crippen molar-refractivity contribution in [2.75, 3.05) is 31.1 Å². The van der Waals surface area contributed by atoms with Gasteiger partial charge in [-0.3, -0.25) is 4.90 Å². The van der Waals surface area contributed by atoms with Crippen LogP contribution in [0, 0.1) is 5.82 Å². The average Bonchev–Trinajstić information content (AvgIpc) is 3.21. The number of nitrogens with zero attached hydrogens (tertiary/aromatic N) is 6. The highest BCUT2D eigenvalue weighted by atomic mass is 19.1. The third kappa shape index (κ3) is 4.45. The first-order valence-corrected chi connectivity index (χ1v) is 10.3. The lowest BCUT2D eigenvalue weighted by Gasteiger charge is -2.39. The van der Waals surface area contributed by atoms with Crippen LogP contribution in [0.5, 0.6) is 0 Å². The molecule has 0 amide bonds. The van der Waals surface area contributed by atoms with Gasteiger partial charge in [0, 0.05) is 26.2 Å². The van der Waals surface area contributed by atoms with E-state index in [1.54, 1.807) is 6.07 Å². The SMILES string of the molecule is CCC[C@H](c1nnnn1Cc1ccccc1)N1CCN(c2ccccc2F)CC1. The summed E-state index contributed by atoms with van der Waals surface area (Å²) in [6.45, 7) is 6.16. The average molecular weight is 394 g/mol. The fraction of sp³-hybridized carbons (Fsp3) is 0.409. The number of hydrogen-bond acceptors (Lipinski definition) is 5. The van der Waals surface area contributed by atoms with Gasteiger partial charge in [-0.15, -0.1) is 5.10 Å². The van der Waals surface area contributed by atoms with Crippen LogP contribution in [0.1, 0.15) is 37.2 Å². The molecule has 1 aliphatic rings. The van der Waals surface area contributed by atoms with Gasteiger partial charge >= 0.3 is 0 Å². The summed E-state index contributed by atoms with van der Waals surface area (Å²) in [5, 5.41) is 12.6. The van der Waals surface area contributed by atoms with Gasteiger partial charge in [0.05, 0.1) is 18.3 Å². The Bertz CT molecular complexity index is 904. The first-order valence-electron chi connectivity index (χ1n) is 10.3. The van der Waals surface area contributed by atoms with E-state index in [4.69, 9.17) is 0 Å². The molecule has 0 unspecified atom stereocenters. The molecule has 2 aromatic carbocycles. The molecule has 0 N–H and O–H groups in total. The van der Waals surface area contributed by atoms with Crippen LogP contribution in [0.15, 0.2) is 54.6 Å². The Kier molecular flexibility index (Phi) is 6.14. The fourth-order valence-electron chi connectivity index (χ4n) is 4.05. The minimum absolute atomic E-state index is 0.155. The second-order valence-corrected chi connectivity index (χ2v) is 7.46. The zero-order valence-electron chi connectivity index (χ0n) is 16.8. The number of benzene rings is 2. The normalized spacial score (nSPS) is 16.1. The molecule has 1 atom stereocenters. The molecular weight excluding hydrogens is 367 g/mol. The maximum atomic E-state index is 14.1. The van der Waals surface area contributed by atoms with Crippen LogP contribution in [0.25, 0.3) is 0 Å². The van der Waals surface area contributed by atoms with Crippen molar-refractivity contribution in [1.29, 1.82) is 0 Å². The van der Waals surface area contributed by atoms with Gasteiger partial charge in [-0.05, 0) is 34.5 Å². The van der Waals surface area contributed by atoms with Crippen molar-refractivity contribution in [3.63, 3.8) is 0 Å². The molecule has 1 saturated heterocycles. The molecule has 0 aliphatic carbocycles. The monoisotopic (exact) mass is 394 g/mol. The lowest BCUT2D eigenvalue weighted by atomic mass is 10.1. The van der Waals surface area contributed by atoms with E-state index in [0.717, 1.165) is 44.8 Å². The van der Waals surface area contributed by atoms with Crippen LogP contribution in [-0.2, 0) is 6.54 Å². The fourth-order valence-corrected chi connectivity index (χ4v) is 4.05. The summed E-state index contributed by atoms with van der Waals surface area (Å²) >= 11 is 0. The van der Waals surface area contributed by atoms with Crippen molar-refractivity contribution in [3.05, 3.63) is 71.8 Å². The smallest absolute Gasteiger partial charge is 0.168 e. The van der Waals surface area contributed by atoms with Gasteiger partial charge in [0.25, 0.3) is 0 Å². The number of halogens is 1. The van der Waals surface area contributed by atoms with E-state index < -0.39 is 0 Å². The van der Waals surface area contributed by atoms with Crippen LogP contribution >= 0.6 is 0 Å². The molecule has 1 aromatic heterocycles. The standard InChI is InChI=1S/C22H27FN6/c1-2-8-21(22-24-25-26-29(22)17-18-9-4-3-5-10-18)28-15-13-27(14-16-28)20-12-7-6-11-19(20)23/h3-7,9-12,21H,2,8,13-17H2,1H3/t21-/m1/s1. The zero-order valence-corrected chi connectivity index (χ0v) is 16.8. The molecule has 152 valence electrons. The molecule has 0 radical (unpaired) electrons. The molecule has 4 rings (SSSR count). The van der Waals surface area contributed by atoms with E-state index >= 15 is 0 Å². The number of para-hydroxylation sites is 1. The van der Waals surface area contributed by atoms with Crippen molar-refractivity contribution in [2.45, 2.75) is 32.4 Å². The Morgan fingerprint density at radius 3 is 2.41 bits per heavy atom. The molecule has 7 heteroatoms. The zero-order chi connectivity index (χ0) is 20.1. The van der Waals surface area contributed by atoms with Crippen molar-refractivity contribution in [3.8, 4) is 0 Å². The van der Waals surface area contributed by atoms with E-state index in [-0.39, 0.29) is 11.9 Å². The molecule has 1 fully saturated rings. The van der Waals surface area contributed by atoms with Crippen molar-refractivity contribution in [2.24, 2.45) is 0 Å². The molecule has 3 aromatic rings. The minimum Gasteiger partial charge on any atom is -0.367 e. The Morgan fingerprint density at radius 1 is 0.966 bits per heavy atom. The van der Waals surface area contributed by atoms with Crippen molar-refractivity contribution < 1.29 is 4.39 Å². The Morgan fingerprint density at radius 2 is 1.69 bits per heavy atom. The number of piperazine rings is 1. The van der Waals surface area contributed by atoms with Crippen LogP contribution in [0.2, 0.25) is 0 Å². The molecule has 0 bridgehead atoms. The predicted molar refractivity (Wildman–Crippen MR) is 111 cm³/mol. The van der Waals surface area contributed by atoms with Gasteiger partial charge in [0.15, 0.2) is 5.82 Å². The first kappa shape index (κ1) is 19.5. The van der Waals surface area contributed by atoms with Crippen LogP contribution in [0.3, 0.4) is 0 Å². The summed E-state index contributed by atoms with van der Waals surface area (Å²) in [5.74, 6) is 0.757. The van der Waals surface area contributed by atoms with E-state index in [9.17, 15) is 4.39 Å². The molecular formula is C22H27FN6. The lowest BCUT2D eigenvalue weighted by molar-refractivity contribution is 0.164. The van der Waals surface area contributed by atoms with Gasteiger partial charge in [-0.1, -0.05) is 55.8 Å². The maximum absolute atomic E-state index is 14.1. The Balaban J connectivity index is 1.48. The Labute approximate surface area is 170 Å². The van der Waals surface area contributed by atoms with Gasteiger partial charge in [0.1, 0.15) is 5.82 Å². The number of tetrazole rings is 1. The number of aromatic nitrogens is 4. The molecule has 0 saturated carbocycles. The highest BCUT2D eigenvalue weighted by Crippen LogP contribution is 2.27. The van der Waals surface area contributed by atoms with Crippen LogP contribution in [-0.4, -0.2) is 51.3 Å². The third-order valence-corrected chi connectivity index (χ3v) is 5.54. The van der Waals surface area contributed by atoms with Crippen molar-refractivity contribution >= 4 is 5.69 Å². The first-order chi connectivity index (χ1) is 14.3. The topological polar surface area (TPSA) is 50.1 Å². The summed E-state index contributed by atoms with van der Waals surface area (Å²) in [5.41, 5.74) is 1.87. The van der Waals surface area contributed by atoms with Crippen LogP contribution in [0.4, 0.5) is 10.1 Å². The minimum atomic E-state index is -0.155. The quantitative estimate of drug-likeness (QED) is 0.614. The van der Waals surface area contributed by atoms with Gasteiger partial charge < -0.3 is 4.90 Å². The molecule has 1 aliphatic heterocycles.